The van der Waals surface area contributed by atoms with Gasteiger partial charge in [-0.25, -0.2) is 9.78 Å². The van der Waals surface area contributed by atoms with Crippen LogP contribution in [0.25, 0.3) is 10.9 Å². The predicted octanol–water partition coefficient (Wildman–Crippen LogP) is 4.55. The zero-order valence-electron chi connectivity index (χ0n) is 15.6. The first-order valence-electron chi connectivity index (χ1n) is 8.74. The topological polar surface area (TPSA) is 75.2 Å². The number of carbonyl (C=O) groups is 1. The van der Waals surface area contributed by atoms with Gasteiger partial charge in [-0.15, -0.1) is 0 Å². The number of carboxylic acid groups (broad SMARTS) is 1. The molecule has 1 aromatic carbocycles. The molecule has 5 heteroatoms. The molecule has 2 N–H and O–H groups in total. The molecule has 26 heavy (non-hydrogen) atoms. The summed E-state index contributed by atoms with van der Waals surface area (Å²) in [5, 5.41) is 10.3. The maximum Gasteiger partial charge on any atom is 0.354 e. The molecule has 2 heterocycles. The number of fused-ring (bicyclic) bond motifs is 1. The quantitative estimate of drug-likeness (QED) is 0.682. The number of pyridine rings is 1. The van der Waals surface area contributed by atoms with Gasteiger partial charge in [0.15, 0.2) is 0 Å². The number of nitrogens with zero attached hydrogens (tertiary/aromatic N) is 1. The van der Waals surface area contributed by atoms with Crippen molar-refractivity contribution in [2.24, 2.45) is 0 Å². The Morgan fingerprint density at radius 1 is 1.27 bits per heavy atom. The highest BCUT2D eigenvalue weighted by Crippen LogP contribution is 2.36. The van der Waals surface area contributed by atoms with E-state index in [1.54, 1.807) is 13.2 Å². The van der Waals surface area contributed by atoms with E-state index in [1.165, 1.54) is 6.07 Å². The molecule has 0 radical (unpaired) electrons. The van der Waals surface area contributed by atoms with E-state index < -0.39 is 5.97 Å². The first kappa shape index (κ1) is 18.0. The van der Waals surface area contributed by atoms with Gasteiger partial charge in [0.1, 0.15) is 11.4 Å². The lowest BCUT2D eigenvalue weighted by molar-refractivity contribution is 0.0690. The summed E-state index contributed by atoms with van der Waals surface area (Å²) in [6, 6.07) is 11.1. The third-order valence-electron chi connectivity index (χ3n) is 5.06. The number of rotatable bonds is 6. The number of aromatic amines is 1. The maximum absolute atomic E-state index is 11.2. The van der Waals surface area contributed by atoms with Gasteiger partial charge in [0.2, 0.25) is 0 Å². The number of hydrogen-bond acceptors (Lipinski definition) is 3. The third-order valence-corrected chi connectivity index (χ3v) is 5.06. The molecule has 0 aliphatic rings. The lowest BCUT2D eigenvalue weighted by Crippen LogP contribution is -2.18. The van der Waals surface area contributed by atoms with Crippen LogP contribution in [0, 0.1) is 0 Å². The van der Waals surface area contributed by atoms with Gasteiger partial charge in [-0.3, -0.25) is 0 Å². The van der Waals surface area contributed by atoms with Crippen LogP contribution < -0.4 is 4.74 Å². The monoisotopic (exact) mass is 352 g/mol. The molecule has 5 nitrogen and oxygen atoms in total. The van der Waals surface area contributed by atoms with E-state index in [0.717, 1.165) is 40.0 Å². The maximum atomic E-state index is 11.2. The number of hydrogen-bond donors (Lipinski definition) is 2. The molecule has 0 unspecified atom stereocenters. The van der Waals surface area contributed by atoms with Crippen molar-refractivity contribution in [3.05, 3.63) is 59.0 Å². The van der Waals surface area contributed by atoms with Crippen LogP contribution in [0.15, 0.2) is 36.4 Å². The second-order valence-electron chi connectivity index (χ2n) is 7.12. The molecule has 0 atom stereocenters. The molecule has 0 aliphatic carbocycles. The highest BCUT2D eigenvalue weighted by Gasteiger charge is 2.26. The van der Waals surface area contributed by atoms with Crippen LogP contribution in [-0.2, 0) is 11.8 Å². The summed E-state index contributed by atoms with van der Waals surface area (Å²) in [4.78, 5) is 19.1. The van der Waals surface area contributed by atoms with Crippen LogP contribution in [0.1, 0.15) is 54.6 Å². The highest BCUT2D eigenvalue weighted by atomic mass is 16.5. The lowest BCUT2D eigenvalue weighted by atomic mass is 9.83. The van der Waals surface area contributed by atoms with E-state index in [-0.39, 0.29) is 11.1 Å². The van der Waals surface area contributed by atoms with Crippen molar-refractivity contribution in [3.63, 3.8) is 0 Å². The summed E-state index contributed by atoms with van der Waals surface area (Å²) in [6.07, 6.45) is 1.55. The Bertz CT molecular complexity index is 957. The molecule has 0 saturated heterocycles. The minimum absolute atomic E-state index is 0.0357. The second kappa shape index (κ2) is 6.83. The van der Waals surface area contributed by atoms with Crippen LogP contribution in [0.5, 0.6) is 5.75 Å². The fourth-order valence-corrected chi connectivity index (χ4v) is 3.18. The number of carboxylic acids is 1. The number of H-pyrrole nitrogens is 1. The Morgan fingerprint density at radius 2 is 2.04 bits per heavy atom. The van der Waals surface area contributed by atoms with E-state index >= 15 is 0 Å². The third kappa shape index (κ3) is 3.29. The van der Waals surface area contributed by atoms with Crippen molar-refractivity contribution in [1.82, 2.24) is 9.97 Å². The van der Waals surface area contributed by atoms with E-state index in [1.807, 2.05) is 18.2 Å². The minimum Gasteiger partial charge on any atom is -0.497 e. The number of ether oxygens (including phenoxy) is 1. The summed E-state index contributed by atoms with van der Waals surface area (Å²) < 4.78 is 5.35. The predicted molar refractivity (Wildman–Crippen MR) is 102 cm³/mol. The Labute approximate surface area is 153 Å². The Hall–Kier alpha value is -2.82. The van der Waals surface area contributed by atoms with E-state index in [0.29, 0.717) is 6.42 Å². The number of methoxy groups -OCH3 is 1. The Kier molecular flexibility index (Phi) is 4.72. The molecule has 0 bridgehead atoms. The molecule has 136 valence electrons. The zero-order chi connectivity index (χ0) is 18.9. The van der Waals surface area contributed by atoms with E-state index in [2.05, 4.69) is 36.8 Å². The fourth-order valence-electron chi connectivity index (χ4n) is 3.18. The number of aromatic carboxylic acids is 1. The SMILES string of the molecule is CCC(C)(C)c1[nH]c2cc(OC)ccc2c1Cc1cccc(C(=O)O)n1. The van der Waals surface area contributed by atoms with Gasteiger partial charge in [-0.2, -0.15) is 0 Å². The molecule has 0 fully saturated rings. The molecule has 3 aromatic rings. The van der Waals surface area contributed by atoms with E-state index in [9.17, 15) is 9.90 Å². The first-order valence-corrected chi connectivity index (χ1v) is 8.74. The Morgan fingerprint density at radius 3 is 2.69 bits per heavy atom. The van der Waals surface area contributed by atoms with Crippen molar-refractivity contribution in [3.8, 4) is 5.75 Å². The average molecular weight is 352 g/mol. The molecular weight excluding hydrogens is 328 g/mol. The molecule has 0 aliphatic heterocycles. The molecule has 0 saturated carbocycles. The largest absolute Gasteiger partial charge is 0.497 e. The molecular formula is C21H24N2O3. The van der Waals surface area contributed by atoms with Crippen LogP contribution in [0.3, 0.4) is 0 Å². The lowest BCUT2D eigenvalue weighted by Gasteiger charge is -2.23. The second-order valence-corrected chi connectivity index (χ2v) is 7.12. The normalized spacial score (nSPS) is 11.7. The van der Waals surface area contributed by atoms with Crippen molar-refractivity contribution in [2.75, 3.05) is 7.11 Å². The highest BCUT2D eigenvalue weighted by molar-refractivity contribution is 5.87. The fraction of sp³-hybridized carbons (Fsp3) is 0.333. The minimum atomic E-state index is -1.01. The van der Waals surface area contributed by atoms with Crippen LogP contribution in [0.2, 0.25) is 0 Å². The summed E-state index contributed by atoms with van der Waals surface area (Å²) in [7, 11) is 1.66. The molecule has 0 spiro atoms. The van der Waals surface area contributed by atoms with Crippen molar-refractivity contribution in [1.29, 1.82) is 0 Å². The zero-order valence-corrected chi connectivity index (χ0v) is 15.6. The van der Waals surface area contributed by atoms with Crippen LogP contribution in [-0.4, -0.2) is 28.2 Å². The average Bonchev–Trinajstić information content (AvgIpc) is 3.00. The van der Waals surface area contributed by atoms with Gasteiger partial charge >= 0.3 is 5.97 Å². The first-order chi connectivity index (χ1) is 12.4. The summed E-state index contributed by atoms with van der Waals surface area (Å²) in [6.45, 7) is 6.58. The standard InChI is InChI=1S/C21H24N2O3/c1-5-21(2,3)19-16(11-13-7-6-8-17(22-13)20(24)25)15-10-9-14(26-4)12-18(15)23-19/h6-10,12,23H,5,11H2,1-4H3,(H,24,25). The molecule has 0 amide bonds. The number of aromatic nitrogens is 2. The van der Waals surface area contributed by atoms with Gasteiger partial charge in [-0.05, 0) is 36.2 Å². The Balaban J connectivity index is 2.15. The summed E-state index contributed by atoms with van der Waals surface area (Å²) >= 11 is 0. The van der Waals surface area contributed by atoms with Gasteiger partial charge in [0, 0.05) is 40.2 Å². The smallest absolute Gasteiger partial charge is 0.354 e. The van der Waals surface area contributed by atoms with Crippen molar-refractivity contribution >= 4 is 16.9 Å². The van der Waals surface area contributed by atoms with Gasteiger partial charge < -0.3 is 14.8 Å². The van der Waals surface area contributed by atoms with Gasteiger partial charge in [-0.1, -0.05) is 26.8 Å². The summed E-state index contributed by atoms with van der Waals surface area (Å²) in [5.41, 5.74) is 4.11. The number of nitrogens with one attached hydrogen (secondary N) is 1. The van der Waals surface area contributed by atoms with Crippen LogP contribution in [0.4, 0.5) is 0 Å². The number of benzene rings is 1. The van der Waals surface area contributed by atoms with Crippen molar-refractivity contribution in [2.45, 2.75) is 39.0 Å². The van der Waals surface area contributed by atoms with Crippen molar-refractivity contribution < 1.29 is 14.6 Å². The van der Waals surface area contributed by atoms with Gasteiger partial charge in [0.05, 0.1) is 7.11 Å². The molecule has 3 rings (SSSR count). The van der Waals surface area contributed by atoms with Gasteiger partial charge in [0.25, 0.3) is 0 Å². The van der Waals surface area contributed by atoms with E-state index in [4.69, 9.17) is 4.74 Å². The van der Waals surface area contributed by atoms with Crippen LogP contribution >= 0.6 is 0 Å². The molecule has 2 aromatic heterocycles. The summed E-state index contributed by atoms with van der Waals surface area (Å²) in [5.74, 6) is -0.207.